The van der Waals surface area contributed by atoms with Crippen LogP contribution in [0.4, 0.5) is 24.7 Å². The molecule has 2 aromatic heterocycles. The predicted molar refractivity (Wildman–Crippen MR) is 120 cm³/mol. The van der Waals surface area contributed by atoms with Crippen LogP contribution >= 0.6 is 0 Å². The Hall–Kier alpha value is -2.94. The van der Waals surface area contributed by atoms with Gasteiger partial charge in [0.15, 0.2) is 5.82 Å². The molecule has 1 N–H and O–H groups in total. The van der Waals surface area contributed by atoms with Gasteiger partial charge in [0.1, 0.15) is 5.82 Å². The van der Waals surface area contributed by atoms with E-state index in [9.17, 15) is 13.2 Å². The van der Waals surface area contributed by atoms with E-state index in [2.05, 4.69) is 44.4 Å². The number of aromatic nitrogens is 3. The highest BCUT2D eigenvalue weighted by molar-refractivity contribution is 5.92. The van der Waals surface area contributed by atoms with Crippen LogP contribution in [-0.2, 0) is 6.54 Å². The minimum absolute atomic E-state index is 0.0116. The highest BCUT2D eigenvalue weighted by atomic mass is 19.3. The molecule has 170 valence electrons. The number of aryl methyl sites for hydroxylation is 1. The number of hydrogen-bond donors (Lipinski definition) is 1. The molecule has 0 spiro atoms. The molecule has 32 heavy (non-hydrogen) atoms. The second-order valence-corrected chi connectivity index (χ2v) is 8.38. The van der Waals surface area contributed by atoms with Crippen LogP contribution in [0.5, 0.6) is 0 Å². The molecule has 0 atom stereocenters. The zero-order valence-electron chi connectivity index (χ0n) is 18.4. The number of hydrogen-bond acceptors (Lipinski definition) is 6. The normalized spacial score (nSPS) is 15.2. The van der Waals surface area contributed by atoms with Gasteiger partial charge in [-0.2, -0.15) is 5.10 Å². The van der Waals surface area contributed by atoms with Crippen molar-refractivity contribution in [1.82, 2.24) is 20.1 Å². The Balaban J connectivity index is 1.59. The van der Waals surface area contributed by atoms with Crippen LogP contribution in [0, 0.1) is 12.7 Å². The summed E-state index contributed by atoms with van der Waals surface area (Å²) >= 11 is 0. The molecular formula is C23H27F3N6. The molecule has 1 saturated heterocycles. The van der Waals surface area contributed by atoms with Crippen LogP contribution in [0.15, 0.2) is 30.5 Å². The number of anilines is 2. The Morgan fingerprint density at radius 2 is 1.94 bits per heavy atom. The third-order valence-electron chi connectivity index (χ3n) is 6.12. The molecule has 4 rings (SSSR count). The number of fused-ring (bicyclic) bond motifs is 1. The number of piperidine rings is 1. The number of nitrogens with zero attached hydrogens (tertiary/aromatic N) is 5. The maximum Gasteiger partial charge on any atom is 0.266 e. The fraction of sp³-hybridized carbons (Fsp3) is 0.435. The standard InChI is InChI=1S/C23H27F3N6/c1-14-21-19(11-17(13-27-21)32-9-7-16(8-10-32)31(2)3)23(30-29-14)28-12-15-5-4-6-18(20(15)24)22(25)26/h4-6,11,13,16,22H,7-10,12H2,1-3H3,(H,28,30). The first-order chi connectivity index (χ1) is 15.3. The van der Waals surface area contributed by atoms with Crippen molar-refractivity contribution in [3.63, 3.8) is 0 Å². The topological polar surface area (TPSA) is 57.2 Å². The summed E-state index contributed by atoms with van der Waals surface area (Å²) < 4.78 is 40.5. The molecule has 0 radical (unpaired) electrons. The van der Waals surface area contributed by atoms with Gasteiger partial charge in [0.2, 0.25) is 0 Å². The van der Waals surface area contributed by atoms with Gasteiger partial charge >= 0.3 is 0 Å². The van der Waals surface area contributed by atoms with Crippen LogP contribution in [0.1, 0.15) is 36.1 Å². The van der Waals surface area contributed by atoms with E-state index in [4.69, 9.17) is 0 Å². The van der Waals surface area contributed by atoms with Gasteiger partial charge in [-0.25, -0.2) is 13.2 Å². The van der Waals surface area contributed by atoms with Crippen molar-refractivity contribution >= 4 is 22.4 Å². The first-order valence-electron chi connectivity index (χ1n) is 10.7. The maximum absolute atomic E-state index is 14.4. The summed E-state index contributed by atoms with van der Waals surface area (Å²) in [5.41, 5.74) is 1.93. The Morgan fingerprint density at radius 3 is 2.62 bits per heavy atom. The number of halogens is 3. The van der Waals surface area contributed by atoms with Crippen LogP contribution in [-0.4, -0.2) is 53.3 Å². The van der Waals surface area contributed by atoms with E-state index < -0.39 is 17.8 Å². The fourth-order valence-electron chi connectivity index (χ4n) is 4.18. The molecule has 6 nitrogen and oxygen atoms in total. The summed E-state index contributed by atoms with van der Waals surface area (Å²) in [5, 5.41) is 12.2. The zero-order chi connectivity index (χ0) is 22.8. The van der Waals surface area contributed by atoms with Crippen LogP contribution < -0.4 is 10.2 Å². The molecule has 0 unspecified atom stereocenters. The van der Waals surface area contributed by atoms with E-state index in [1.165, 1.54) is 12.1 Å². The van der Waals surface area contributed by atoms with Gasteiger partial charge in [0, 0.05) is 36.6 Å². The zero-order valence-corrected chi connectivity index (χ0v) is 18.4. The maximum atomic E-state index is 14.4. The molecule has 1 fully saturated rings. The molecule has 1 aromatic carbocycles. The largest absolute Gasteiger partial charge is 0.370 e. The van der Waals surface area contributed by atoms with E-state index in [1.807, 2.05) is 19.2 Å². The highest BCUT2D eigenvalue weighted by Gasteiger charge is 2.22. The molecule has 0 aliphatic carbocycles. The summed E-state index contributed by atoms with van der Waals surface area (Å²) in [4.78, 5) is 9.18. The minimum Gasteiger partial charge on any atom is -0.370 e. The monoisotopic (exact) mass is 444 g/mol. The number of alkyl halides is 2. The van der Waals surface area contributed by atoms with Gasteiger partial charge in [-0.3, -0.25) is 4.98 Å². The lowest BCUT2D eigenvalue weighted by molar-refractivity contribution is 0.146. The molecule has 0 saturated carbocycles. The Bertz CT molecular complexity index is 1100. The fourth-order valence-corrected chi connectivity index (χ4v) is 4.18. The molecule has 3 aromatic rings. The van der Waals surface area contributed by atoms with Crippen LogP contribution in [0.3, 0.4) is 0 Å². The number of benzene rings is 1. The third kappa shape index (κ3) is 4.48. The Kier molecular flexibility index (Phi) is 6.45. The molecule has 0 amide bonds. The van der Waals surface area contributed by atoms with Crippen molar-refractivity contribution in [2.75, 3.05) is 37.4 Å². The van der Waals surface area contributed by atoms with Crippen molar-refractivity contribution in [2.24, 2.45) is 0 Å². The van der Waals surface area contributed by atoms with Crippen molar-refractivity contribution in [3.05, 3.63) is 53.1 Å². The molecule has 1 aliphatic rings. The second kappa shape index (κ2) is 9.28. The summed E-state index contributed by atoms with van der Waals surface area (Å²) in [5.74, 6) is -0.452. The Morgan fingerprint density at radius 1 is 1.19 bits per heavy atom. The number of rotatable bonds is 6. The lowest BCUT2D eigenvalue weighted by atomic mass is 10.0. The number of nitrogens with one attached hydrogen (secondary N) is 1. The predicted octanol–water partition coefficient (Wildman–Crippen LogP) is 4.55. The average Bonchev–Trinajstić information content (AvgIpc) is 2.79. The van der Waals surface area contributed by atoms with Gasteiger partial charge in [-0.05, 0) is 39.9 Å². The van der Waals surface area contributed by atoms with Crippen LogP contribution in [0.2, 0.25) is 0 Å². The lowest BCUT2D eigenvalue weighted by Crippen LogP contribution is -2.42. The van der Waals surface area contributed by atoms with E-state index in [0.717, 1.165) is 43.1 Å². The quantitative estimate of drug-likeness (QED) is 0.602. The Labute approximate surface area is 185 Å². The summed E-state index contributed by atoms with van der Waals surface area (Å²) in [6.45, 7) is 3.71. The van der Waals surface area contributed by atoms with E-state index in [1.54, 1.807) is 0 Å². The smallest absolute Gasteiger partial charge is 0.266 e. The molecule has 9 heteroatoms. The van der Waals surface area contributed by atoms with E-state index in [-0.39, 0.29) is 12.1 Å². The molecule has 1 aliphatic heterocycles. The SMILES string of the molecule is Cc1nnc(NCc2cccc(C(F)F)c2F)c2cc(N3CCC(N(C)C)CC3)cnc12. The van der Waals surface area contributed by atoms with E-state index in [0.29, 0.717) is 23.1 Å². The highest BCUT2D eigenvalue weighted by Crippen LogP contribution is 2.29. The van der Waals surface area contributed by atoms with E-state index >= 15 is 0 Å². The summed E-state index contributed by atoms with van der Waals surface area (Å²) in [6, 6.07) is 6.60. The van der Waals surface area contributed by atoms with Gasteiger partial charge in [0.05, 0.1) is 28.7 Å². The average molecular weight is 445 g/mol. The summed E-state index contributed by atoms with van der Waals surface area (Å²) in [7, 11) is 4.22. The first kappa shape index (κ1) is 22.3. The molecule has 3 heterocycles. The van der Waals surface area contributed by atoms with Gasteiger partial charge in [-0.1, -0.05) is 18.2 Å². The first-order valence-corrected chi connectivity index (χ1v) is 10.7. The van der Waals surface area contributed by atoms with Crippen molar-refractivity contribution in [3.8, 4) is 0 Å². The van der Waals surface area contributed by atoms with Crippen molar-refractivity contribution in [2.45, 2.75) is 38.8 Å². The van der Waals surface area contributed by atoms with Gasteiger partial charge < -0.3 is 15.1 Å². The lowest BCUT2D eigenvalue weighted by Gasteiger charge is -2.36. The van der Waals surface area contributed by atoms with Gasteiger partial charge in [0.25, 0.3) is 6.43 Å². The molecular weight excluding hydrogens is 417 g/mol. The van der Waals surface area contributed by atoms with Crippen LogP contribution in [0.25, 0.3) is 10.9 Å². The number of pyridine rings is 1. The van der Waals surface area contributed by atoms with Crippen molar-refractivity contribution in [1.29, 1.82) is 0 Å². The second-order valence-electron chi connectivity index (χ2n) is 8.38. The van der Waals surface area contributed by atoms with Gasteiger partial charge in [-0.15, -0.1) is 5.10 Å². The summed E-state index contributed by atoms with van der Waals surface area (Å²) in [6.07, 6.45) is 1.13. The minimum atomic E-state index is -2.86. The van der Waals surface area contributed by atoms with Crippen molar-refractivity contribution < 1.29 is 13.2 Å². The molecule has 0 bridgehead atoms. The third-order valence-corrected chi connectivity index (χ3v) is 6.12.